The third kappa shape index (κ3) is 3.11. The molecule has 56 valence electrons. The molecule has 0 aromatic heterocycles. The molecule has 9 heavy (non-hydrogen) atoms. The Kier molecular flexibility index (Phi) is 3.02. The number of rotatable bonds is 1. The van der Waals surface area contributed by atoms with Crippen LogP contribution in [0.3, 0.4) is 0 Å². The molecule has 0 amide bonds. The maximum atomic E-state index is 11.5. The van der Waals surface area contributed by atoms with Gasteiger partial charge >= 0.3 is 6.18 Å². The predicted octanol–water partition coefficient (Wildman–Crippen LogP) is 2.69. The molecule has 0 rings (SSSR count). The molecule has 0 radical (unpaired) electrons. The van der Waals surface area contributed by atoms with Crippen LogP contribution in [-0.2, 0) is 0 Å². The van der Waals surface area contributed by atoms with Gasteiger partial charge in [0.2, 0.25) is 0 Å². The Hall–Kier alpha value is 0.300. The molecule has 0 aromatic rings. The molecule has 0 heterocycles. The summed E-state index contributed by atoms with van der Waals surface area (Å²) in [6, 6.07) is 0. The van der Waals surface area contributed by atoms with Crippen molar-refractivity contribution in [1.29, 1.82) is 0 Å². The molecule has 0 fully saturated rings. The minimum absolute atomic E-state index is 2.58. The van der Waals surface area contributed by atoms with Gasteiger partial charge in [0.1, 0.15) is 0 Å². The molecule has 0 unspecified atom stereocenters. The lowest BCUT2D eigenvalue weighted by Crippen LogP contribution is -2.29. The third-order valence-electron chi connectivity index (χ3n) is 0.534. The second-order valence-corrected chi connectivity index (χ2v) is 2.16. The SMILES string of the molecule is F[C@H](Cl)[C@H](Cl)C(F)(F)F. The summed E-state index contributed by atoms with van der Waals surface area (Å²) in [5, 5.41) is -2.61. The summed E-state index contributed by atoms with van der Waals surface area (Å²) < 4.78 is 45.2. The second kappa shape index (κ2) is 2.92. The summed E-state index contributed by atoms with van der Waals surface area (Å²) in [5.41, 5.74) is -2.58. The van der Waals surface area contributed by atoms with Gasteiger partial charge in [-0.3, -0.25) is 0 Å². The van der Waals surface area contributed by atoms with Crippen molar-refractivity contribution in [2.75, 3.05) is 0 Å². The smallest absolute Gasteiger partial charge is 0.228 e. The van der Waals surface area contributed by atoms with Crippen molar-refractivity contribution in [1.82, 2.24) is 0 Å². The first-order valence-electron chi connectivity index (χ1n) is 1.84. The molecular formula is C3H2Cl2F4. The van der Waals surface area contributed by atoms with Gasteiger partial charge in [0, 0.05) is 0 Å². The van der Waals surface area contributed by atoms with Crippen molar-refractivity contribution in [2.24, 2.45) is 0 Å². The van der Waals surface area contributed by atoms with Crippen molar-refractivity contribution in [3.8, 4) is 0 Å². The monoisotopic (exact) mass is 184 g/mol. The van der Waals surface area contributed by atoms with Gasteiger partial charge in [0.15, 0.2) is 11.0 Å². The maximum absolute atomic E-state index is 11.5. The van der Waals surface area contributed by atoms with Crippen LogP contribution in [0.2, 0.25) is 0 Å². The highest BCUT2D eigenvalue weighted by atomic mass is 35.5. The molecule has 0 nitrogen and oxygen atoms in total. The summed E-state index contributed by atoms with van der Waals surface area (Å²) in [5.74, 6) is 0. The van der Waals surface area contributed by atoms with E-state index >= 15 is 0 Å². The summed E-state index contributed by atoms with van der Waals surface area (Å²) >= 11 is 8.85. The van der Waals surface area contributed by atoms with Crippen molar-refractivity contribution >= 4 is 23.2 Å². The van der Waals surface area contributed by atoms with Crippen LogP contribution in [0.1, 0.15) is 0 Å². The molecular weight excluding hydrogens is 183 g/mol. The fraction of sp³-hybridized carbons (Fsp3) is 1.00. The number of alkyl halides is 6. The first-order valence-corrected chi connectivity index (χ1v) is 2.72. The van der Waals surface area contributed by atoms with Crippen LogP contribution >= 0.6 is 23.2 Å². The Bertz CT molecular complexity index is 88.3. The van der Waals surface area contributed by atoms with Gasteiger partial charge in [-0.25, -0.2) is 4.39 Å². The Morgan fingerprint density at radius 3 is 1.44 bits per heavy atom. The lowest BCUT2D eigenvalue weighted by Gasteiger charge is -2.11. The molecule has 0 saturated heterocycles. The normalized spacial score (nSPS) is 19.3. The molecule has 6 heteroatoms. The summed E-state index contributed by atoms with van der Waals surface area (Å²) in [6.45, 7) is 0. The first-order chi connectivity index (χ1) is 3.85. The van der Waals surface area contributed by atoms with Crippen molar-refractivity contribution < 1.29 is 17.6 Å². The third-order valence-corrected chi connectivity index (χ3v) is 1.38. The largest absolute Gasteiger partial charge is 0.409 e. The average molecular weight is 185 g/mol. The van der Waals surface area contributed by atoms with Crippen molar-refractivity contribution in [2.45, 2.75) is 17.2 Å². The molecule has 0 N–H and O–H groups in total. The van der Waals surface area contributed by atoms with E-state index in [1.54, 1.807) is 0 Å². The Morgan fingerprint density at radius 1 is 1.11 bits per heavy atom. The molecule has 2 atom stereocenters. The van der Waals surface area contributed by atoms with E-state index < -0.39 is 17.2 Å². The van der Waals surface area contributed by atoms with Crippen LogP contribution in [-0.4, -0.2) is 17.2 Å². The van der Waals surface area contributed by atoms with Crippen LogP contribution in [0.4, 0.5) is 17.6 Å². The van der Waals surface area contributed by atoms with Gasteiger partial charge in [-0.1, -0.05) is 11.6 Å². The molecule has 0 saturated carbocycles. The quantitative estimate of drug-likeness (QED) is 0.435. The van der Waals surface area contributed by atoms with E-state index in [4.69, 9.17) is 0 Å². The Balaban J connectivity index is 3.88. The van der Waals surface area contributed by atoms with Crippen molar-refractivity contribution in [3.63, 3.8) is 0 Å². The predicted molar refractivity (Wildman–Crippen MR) is 26.4 cm³/mol. The van der Waals surface area contributed by atoms with Gasteiger partial charge in [-0.2, -0.15) is 13.2 Å². The van der Waals surface area contributed by atoms with Gasteiger partial charge in [-0.15, -0.1) is 11.6 Å². The van der Waals surface area contributed by atoms with Crippen LogP contribution in [0.15, 0.2) is 0 Å². The summed E-state index contributed by atoms with van der Waals surface area (Å²) in [7, 11) is 0. The lowest BCUT2D eigenvalue weighted by molar-refractivity contribution is -0.136. The molecule has 0 aliphatic carbocycles. The average Bonchev–Trinajstić information content (AvgIpc) is 1.62. The lowest BCUT2D eigenvalue weighted by atomic mass is 10.4. The van der Waals surface area contributed by atoms with E-state index in [9.17, 15) is 17.6 Å². The fourth-order valence-electron chi connectivity index (χ4n) is 0.143. The van der Waals surface area contributed by atoms with E-state index in [0.717, 1.165) is 0 Å². The zero-order chi connectivity index (χ0) is 7.65. The van der Waals surface area contributed by atoms with E-state index in [1.165, 1.54) is 0 Å². The van der Waals surface area contributed by atoms with E-state index in [-0.39, 0.29) is 0 Å². The van der Waals surface area contributed by atoms with Crippen LogP contribution in [0.5, 0.6) is 0 Å². The summed E-state index contributed by atoms with van der Waals surface area (Å²) in [6.07, 6.45) is -4.76. The number of hydrogen-bond acceptors (Lipinski definition) is 0. The first kappa shape index (κ1) is 9.30. The standard InChI is InChI=1S/C3H2Cl2F4/c4-1(2(5)6)3(7,8)9/h1-2H/t1-,2-/m0/s1. The van der Waals surface area contributed by atoms with Gasteiger partial charge in [0.05, 0.1) is 0 Å². The zero-order valence-electron chi connectivity index (χ0n) is 3.92. The minimum Gasteiger partial charge on any atom is -0.228 e. The van der Waals surface area contributed by atoms with Crippen LogP contribution in [0.25, 0.3) is 0 Å². The Labute approximate surface area is 58.7 Å². The van der Waals surface area contributed by atoms with E-state index in [2.05, 4.69) is 23.2 Å². The highest BCUT2D eigenvalue weighted by Crippen LogP contribution is 2.30. The van der Waals surface area contributed by atoms with Gasteiger partial charge < -0.3 is 0 Å². The minimum atomic E-state index is -4.76. The molecule has 0 spiro atoms. The number of hydrogen-bond donors (Lipinski definition) is 0. The zero-order valence-corrected chi connectivity index (χ0v) is 5.43. The molecule has 0 bridgehead atoms. The van der Waals surface area contributed by atoms with Crippen LogP contribution < -0.4 is 0 Å². The Morgan fingerprint density at radius 2 is 1.44 bits per heavy atom. The second-order valence-electron chi connectivity index (χ2n) is 1.28. The van der Waals surface area contributed by atoms with Crippen molar-refractivity contribution in [3.05, 3.63) is 0 Å². The maximum Gasteiger partial charge on any atom is 0.409 e. The highest BCUT2D eigenvalue weighted by molar-refractivity contribution is 6.29. The molecule has 0 aliphatic rings. The van der Waals surface area contributed by atoms with Crippen LogP contribution in [0, 0.1) is 0 Å². The fourth-order valence-corrected chi connectivity index (χ4v) is 0.286. The molecule has 0 aromatic carbocycles. The van der Waals surface area contributed by atoms with E-state index in [0.29, 0.717) is 0 Å². The topological polar surface area (TPSA) is 0 Å². The number of halogens is 6. The molecule has 0 aliphatic heterocycles. The van der Waals surface area contributed by atoms with Gasteiger partial charge in [-0.05, 0) is 0 Å². The van der Waals surface area contributed by atoms with Gasteiger partial charge in [0.25, 0.3) is 0 Å². The summed E-state index contributed by atoms with van der Waals surface area (Å²) in [4.78, 5) is 0. The van der Waals surface area contributed by atoms with E-state index in [1.807, 2.05) is 0 Å². The highest BCUT2D eigenvalue weighted by Gasteiger charge is 2.43.